The van der Waals surface area contributed by atoms with E-state index in [1.54, 1.807) is 6.20 Å². The molecule has 2 N–H and O–H groups in total. The van der Waals surface area contributed by atoms with E-state index in [2.05, 4.69) is 52.1 Å². The lowest BCUT2D eigenvalue weighted by molar-refractivity contribution is 0.237. The number of fused-ring (bicyclic) bond motifs is 2. The van der Waals surface area contributed by atoms with E-state index in [1.165, 1.54) is 56.3 Å². The Morgan fingerprint density at radius 2 is 1.61 bits per heavy atom. The van der Waals surface area contributed by atoms with Gasteiger partial charge in [0.25, 0.3) is 0 Å². The van der Waals surface area contributed by atoms with Crippen LogP contribution in [0.2, 0.25) is 0 Å². The molecular weight excluding hydrogens is 476 g/mol. The van der Waals surface area contributed by atoms with Crippen molar-refractivity contribution in [3.8, 4) is 28.3 Å². The fourth-order valence-electron chi connectivity index (χ4n) is 5.77. The van der Waals surface area contributed by atoms with Crippen LogP contribution >= 0.6 is 0 Å². The monoisotopic (exact) mass is 508 g/mol. The molecule has 0 unspecified atom stereocenters. The van der Waals surface area contributed by atoms with Crippen molar-refractivity contribution in [2.75, 3.05) is 44.2 Å². The molecular formula is C29H32N8O. The topological polar surface area (TPSA) is 98.8 Å². The third-order valence-electron chi connectivity index (χ3n) is 7.81. The number of hydrogen-bond acceptors (Lipinski definition) is 7. The molecule has 194 valence electrons. The average molecular weight is 509 g/mol. The number of rotatable bonds is 7. The van der Waals surface area contributed by atoms with Gasteiger partial charge in [0.15, 0.2) is 5.65 Å². The number of aromatic nitrogens is 6. The highest BCUT2D eigenvalue weighted by Crippen LogP contribution is 2.34. The maximum absolute atomic E-state index is 6.03. The first-order chi connectivity index (χ1) is 18.8. The molecule has 0 saturated carbocycles. The fourth-order valence-corrected chi connectivity index (χ4v) is 5.77. The van der Waals surface area contributed by atoms with Crippen molar-refractivity contribution in [2.45, 2.75) is 32.1 Å². The van der Waals surface area contributed by atoms with E-state index in [0.717, 1.165) is 64.4 Å². The number of piperidine rings is 1. The van der Waals surface area contributed by atoms with Crippen LogP contribution in [-0.4, -0.2) is 74.4 Å². The van der Waals surface area contributed by atoms with Gasteiger partial charge in [0.05, 0.1) is 35.5 Å². The molecule has 0 spiro atoms. The molecule has 7 rings (SSSR count). The van der Waals surface area contributed by atoms with E-state index >= 15 is 0 Å². The molecule has 0 aromatic carbocycles. The number of hydrogen-bond donors (Lipinski definition) is 2. The molecule has 2 aliphatic rings. The van der Waals surface area contributed by atoms with Crippen molar-refractivity contribution in [3.05, 3.63) is 49.2 Å². The van der Waals surface area contributed by atoms with Crippen LogP contribution in [0.1, 0.15) is 32.1 Å². The summed E-state index contributed by atoms with van der Waals surface area (Å²) in [4.78, 5) is 22.1. The molecule has 0 radical (unpaired) electrons. The van der Waals surface area contributed by atoms with Gasteiger partial charge in [0.1, 0.15) is 18.1 Å². The van der Waals surface area contributed by atoms with E-state index in [9.17, 15) is 0 Å². The van der Waals surface area contributed by atoms with Crippen molar-refractivity contribution < 1.29 is 4.74 Å². The molecule has 38 heavy (non-hydrogen) atoms. The Morgan fingerprint density at radius 1 is 0.789 bits per heavy atom. The fraction of sp³-hybridized carbons (Fsp3) is 0.379. The minimum atomic E-state index is 0.670. The number of likely N-dealkylation sites (tertiary alicyclic amines) is 1. The quantitative estimate of drug-likeness (QED) is 0.318. The summed E-state index contributed by atoms with van der Waals surface area (Å²) in [6, 6.07) is 6.36. The summed E-state index contributed by atoms with van der Waals surface area (Å²) >= 11 is 0. The standard InChI is InChI=1S/C29H32N8O/c1-2-8-37(9-3-1)27-19-31-18-26-23(27)14-25(33-26)28-24-13-21(16-32-29(24)35-34-28)20-12-22(17-30-15-20)38-11-10-36-6-4-5-7-36/h12-19,33H,1-11H2,(H,32,34,35). The zero-order valence-corrected chi connectivity index (χ0v) is 21.5. The van der Waals surface area contributed by atoms with Crippen LogP contribution in [0, 0.1) is 0 Å². The first-order valence-electron chi connectivity index (χ1n) is 13.7. The molecule has 2 saturated heterocycles. The zero-order valence-electron chi connectivity index (χ0n) is 21.5. The van der Waals surface area contributed by atoms with Gasteiger partial charge in [-0.15, -0.1) is 0 Å². The Bertz CT molecular complexity index is 1560. The lowest BCUT2D eigenvalue weighted by Crippen LogP contribution is -2.29. The van der Waals surface area contributed by atoms with E-state index in [1.807, 2.05) is 30.9 Å². The minimum Gasteiger partial charge on any atom is -0.491 e. The van der Waals surface area contributed by atoms with Crippen molar-refractivity contribution in [2.24, 2.45) is 0 Å². The molecule has 2 aliphatic heterocycles. The van der Waals surface area contributed by atoms with Gasteiger partial charge in [-0.3, -0.25) is 20.0 Å². The van der Waals surface area contributed by atoms with Gasteiger partial charge in [-0.1, -0.05) is 0 Å². The smallest absolute Gasteiger partial charge is 0.155 e. The minimum absolute atomic E-state index is 0.670. The average Bonchev–Trinajstić information content (AvgIpc) is 3.73. The zero-order chi connectivity index (χ0) is 25.3. The highest BCUT2D eigenvalue weighted by molar-refractivity contribution is 5.99. The third-order valence-corrected chi connectivity index (χ3v) is 7.81. The maximum atomic E-state index is 6.03. The predicted octanol–water partition coefficient (Wildman–Crippen LogP) is 5.03. The summed E-state index contributed by atoms with van der Waals surface area (Å²) in [6.07, 6.45) is 15.7. The molecule has 7 heterocycles. The van der Waals surface area contributed by atoms with E-state index < -0.39 is 0 Å². The summed E-state index contributed by atoms with van der Waals surface area (Å²) in [6.45, 7) is 6.13. The number of ether oxygens (including phenoxy) is 1. The lowest BCUT2D eigenvalue weighted by atomic mass is 10.1. The normalized spacial score (nSPS) is 16.6. The molecule has 5 aromatic heterocycles. The van der Waals surface area contributed by atoms with Crippen LogP contribution < -0.4 is 9.64 Å². The Labute approximate surface area is 221 Å². The second-order valence-corrected chi connectivity index (χ2v) is 10.3. The third kappa shape index (κ3) is 4.47. The van der Waals surface area contributed by atoms with Crippen molar-refractivity contribution in [1.82, 2.24) is 35.0 Å². The van der Waals surface area contributed by atoms with Gasteiger partial charge in [0, 0.05) is 53.9 Å². The maximum Gasteiger partial charge on any atom is 0.155 e. The van der Waals surface area contributed by atoms with Crippen LogP contribution in [0.5, 0.6) is 5.75 Å². The van der Waals surface area contributed by atoms with Crippen LogP contribution in [-0.2, 0) is 0 Å². The lowest BCUT2D eigenvalue weighted by Gasteiger charge is -2.28. The first-order valence-corrected chi connectivity index (χ1v) is 13.7. The van der Waals surface area contributed by atoms with Gasteiger partial charge in [0.2, 0.25) is 0 Å². The van der Waals surface area contributed by atoms with E-state index in [4.69, 9.17) is 4.74 Å². The van der Waals surface area contributed by atoms with Crippen LogP contribution in [0.25, 0.3) is 44.5 Å². The molecule has 2 fully saturated rings. The highest BCUT2D eigenvalue weighted by Gasteiger charge is 2.18. The highest BCUT2D eigenvalue weighted by atomic mass is 16.5. The molecule has 9 nitrogen and oxygen atoms in total. The van der Waals surface area contributed by atoms with Crippen molar-refractivity contribution >= 4 is 27.6 Å². The Hall–Kier alpha value is -3.98. The summed E-state index contributed by atoms with van der Waals surface area (Å²) in [7, 11) is 0. The number of H-pyrrole nitrogens is 2. The van der Waals surface area contributed by atoms with Crippen molar-refractivity contribution in [3.63, 3.8) is 0 Å². The molecule has 0 bridgehead atoms. The van der Waals surface area contributed by atoms with Gasteiger partial charge in [-0.05, 0) is 63.4 Å². The van der Waals surface area contributed by atoms with Crippen LogP contribution in [0.4, 0.5) is 5.69 Å². The van der Waals surface area contributed by atoms with Gasteiger partial charge < -0.3 is 14.6 Å². The Morgan fingerprint density at radius 3 is 2.50 bits per heavy atom. The molecule has 0 aliphatic carbocycles. The van der Waals surface area contributed by atoms with Gasteiger partial charge in [-0.2, -0.15) is 5.10 Å². The number of nitrogens with zero attached hydrogens (tertiary/aromatic N) is 6. The summed E-state index contributed by atoms with van der Waals surface area (Å²) < 4.78 is 6.03. The SMILES string of the molecule is c1ncc(-c2cnc3[nH]nc(-c4cc5c(N6CCCCC6)cncc5[nH]4)c3c2)cc1OCCN1CCCC1. The number of anilines is 1. The number of pyridine rings is 3. The molecule has 0 atom stereocenters. The predicted molar refractivity (Wildman–Crippen MR) is 149 cm³/mol. The van der Waals surface area contributed by atoms with Gasteiger partial charge >= 0.3 is 0 Å². The van der Waals surface area contributed by atoms with Crippen LogP contribution in [0.3, 0.4) is 0 Å². The van der Waals surface area contributed by atoms with Crippen LogP contribution in [0.15, 0.2) is 49.2 Å². The summed E-state index contributed by atoms with van der Waals surface area (Å²) in [5.74, 6) is 0.780. The molecule has 9 heteroatoms. The molecule has 0 amide bonds. The second kappa shape index (κ2) is 10.1. The summed E-state index contributed by atoms with van der Waals surface area (Å²) in [5.41, 5.74) is 6.71. The van der Waals surface area contributed by atoms with E-state index in [0.29, 0.717) is 6.61 Å². The summed E-state index contributed by atoms with van der Waals surface area (Å²) in [5, 5.41) is 9.88. The Kier molecular flexibility index (Phi) is 6.13. The Balaban J connectivity index is 1.18. The van der Waals surface area contributed by atoms with Crippen molar-refractivity contribution in [1.29, 1.82) is 0 Å². The molecule has 5 aromatic rings. The van der Waals surface area contributed by atoms with Gasteiger partial charge in [-0.25, -0.2) is 4.98 Å². The van der Waals surface area contributed by atoms with E-state index in [-0.39, 0.29) is 0 Å². The number of nitrogens with one attached hydrogen (secondary N) is 2. The number of aromatic amines is 2. The second-order valence-electron chi connectivity index (χ2n) is 10.3. The largest absolute Gasteiger partial charge is 0.491 e. The first kappa shape index (κ1) is 23.2.